The summed E-state index contributed by atoms with van der Waals surface area (Å²) in [5.41, 5.74) is 0. The number of hydrogen-bond donors (Lipinski definition) is 1. The number of likely N-dealkylation sites (N-methyl/N-ethyl adjacent to an activating group) is 1. The van der Waals surface area contributed by atoms with Crippen LogP contribution in [0.15, 0.2) is 0 Å². The lowest BCUT2D eigenvalue weighted by molar-refractivity contribution is 0.0916. The maximum Gasteiger partial charge on any atom is 0.0254 e. The van der Waals surface area contributed by atoms with E-state index in [0.717, 1.165) is 30.0 Å². The molecule has 2 heteroatoms. The van der Waals surface area contributed by atoms with Gasteiger partial charge in [-0.1, -0.05) is 20.3 Å². The van der Waals surface area contributed by atoms with Crippen LogP contribution in [0.25, 0.3) is 0 Å². The number of rotatable bonds is 3. The van der Waals surface area contributed by atoms with Gasteiger partial charge in [-0.05, 0) is 51.5 Å². The van der Waals surface area contributed by atoms with Crippen LogP contribution >= 0.6 is 0 Å². The highest BCUT2D eigenvalue weighted by atomic mass is 15.2. The fourth-order valence-electron chi connectivity index (χ4n) is 4.10. The van der Waals surface area contributed by atoms with Crippen LogP contribution in [0.5, 0.6) is 0 Å². The molecule has 0 amide bonds. The van der Waals surface area contributed by atoms with Gasteiger partial charge >= 0.3 is 0 Å². The Morgan fingerprint density at radius 1 is 1.18 bits per heavy atom. The lowest BCUT2D eigenvalue weighted by Gasteiger charge is -2.43. The first kappa shape index (κ1) is 13.4. The lowest BCUT2D eigenvalue weighted by Crippen LogP contribution is -2.53. The second-order valence-electron chi connectivity index (χ2n) is 6.44. The summed E-state index contributed by atoms with van der Waals surface area (Å²) in [5, 5.41) is 3.57. The molecular weight excluding hydrogens is 208 g/mol. The second kappa shape index (κ2) is 5.71. The topological polar surface area (TPSA) is 15.3 Å². The number of hydrogen-bond acceptors (Lipinski definition) is 2. The molecule has 2 fully saturated rings. The van der Waals surface area contributed by atoms with Crippen molar-refractivity contribution in [3.8, 4) is 0 Å². The van der Waals surface area contributed by atoms with E-state index >= 15 is 0 Å². The van der Waals surface area contributed by atoms with E-state index in [-0.39, 0.29) is 0 Å². The van der Waals surface area contributed by atoms with Crippen LogP contribution < -0.4 is 5.32 Å². The first-order valence-electron chi connectivity index (χ1n) is 7.58. The average Bonchev–Trinajstić information content (AvgIpc) is 2.67. The smallest absolute Gasteiger partial charge is 0.0254 e. The van der Waals surface area contributed by atoms with Gasteiger partial charge in [-0.3, -0.25) is 4.90 Å². The molecule has 1 aliphatic heterocycles. The quantitative estimate of drug-likeness (QED) is 0.813. The van der Waals surface area contributed by atoms with Gasteiger partial charge in [0.1, 0.15) is 0 Å². The van der Waals surface area contributed by atoms with Gasteiger partial charge in [0, 0.05) is 24.7 Å². The van der Waals surface area contributed by atoms with Crippen molar-refractivity contribution >= 4 is 0 Å². The fourth-order valence-corrected chi connectivity index (χ4v) is 4.10. The minimum absolute atomic E-state index is 0.727. The molecule has 1 heterocycles. The largest absolute Gasteiger partial charge is 0.315 e. The molecule has 5 unspecified atom stereocenters. The summed E-state index contributed by atoms with van der Waals surface area (Å²) in [5.74, 6) is 1.86. The SMILES string of the molecule is CCC1CCC(NC)C(N2CC(C)CC2C)C1. The molecule has 100 valence electrons. The molecule has 1 saturated heterocycles. The van der Waals surface area contributed by atoms with Crippen molar-refractivity contribution in [2.45, 2.75) is 71.0 Å². The number of likely N-dealkylation sites (tertiary alicyclic amines) is 1. The predicted octanol–water partition coefficient (Wildman–Crippen LogP) is 2.88. The highest BCUT2D eigenvalue weighted by Crippen LogP contribution is 2.34. The van der Waals surface area contributed by atoms with Crippen molar-refractivity contribution in [2.24, 2.45) is 11.8 Å². The Morgan fingerprint density at radius 3 is 2.47 bits per heavy atom. The minimum atomic E-state index is 0.727. The zero-order valence-electron chi connectivity index (χ0n) is 12.1. The standard InChI is InChI=1S/C15H30N2/c1-5-13-6-7-14(16-4)15(9-13)17-10-11(2)8-12(17)3/h11-16H,5-10H2,1-4H3. The van der Waals surface area contributed by atoms with Crippen LogP contribution in [-0.4, -0.2) is 36.6 Å². The lowest BCUT2D eigenvalue weighted by atomic mass is 9.80. The summed E-state index contributed by atoms with van der Waals surface area (Å²) in [6.45, 7) is 8.51. The Hall–Kier alpha value is -0.0800. The Morgan fingerprint density at radius 2 is 1.94 bits per heavy atom. The molecule has 0 radical (unpaired) electrons. The van der Waals surface area contributed by atoms with Crippen LogP contribution in [0.1, 0.15) is 52.9 Å². The van der Waals surface area contributed by atoms with Crippen molar-refractivity contribution in [3.63, 3.8) is 0 Å². The van der Waals surface area contributed by atoms with Gasteiger partial charge in [-0.15, -0.1) is 0 Å². The highest BCUT2D eigenvalue weighted by Gasteiger charge is 2.38. The third-order valence-electron chi connectivity index (χ3n) is 5.13. The molecular formula is C15H30N2. The molecule has 1 aliphatic carbocycles. The molecule has 1 N–H and O–H groups in total. The Balaban J connectivity index is 2.04. The molecule has 0 spiro atoms. The summed E-state index contributed by atoms with van der Waals surface area (Å²) in [6.07, 6.45) is 6.97. The Labute approximate surface area is 107 Å². The second-order valence-corrected chi connectivity index (χ2v) is 6.44. The number of nitrogens with zero attached hydrogens (tertiary/aromatic N) is 1. The van der Waals surface area contributed by atoms with Crippen molar-refractivity contribution < 1.29 is 0 Å². The van der Waals surface area contributed by atoms with Gasteiger partial charge in [0.25, 0.3) is 0 Å². The summed E-state index contributed by atoms with van der Waals surface area (Å²) in [4.78, 5) is 2.80. The maximum absolute atomic E-state index is 3.57. The molecule has 0 bridgehead atoms. The monoisotopic (exact) mass is 238 g/mol. The molecule has 5 atom stereocenters. The van der Waals surface area contributed by atoms with Crippen molar-refractivity contribution in [3.05, 3.63) is 0 Å². The molecule has 0 aromatic rings. The van der Waals surface area contributed by atoms with E-state index in [1.165, 1.54) is 38.6 Å². The normalized spacial score (nSPS) is 44.1. The van der Waals surface area contributed by atoms with Crippen molar-refractivity contribution in [2.75, 3.05) is 13.6 Å². The van der Waals surface area contributed by atoms with E-state index in [1.54, 1.807) is 0 Å². The van der Waals surface area contributed by atoms with E-state index in [1.807, 2.05) is 0 Å². The Bertz CT molecular complexity index is 241. The predicted molar refractivity (Wildman–Crippen MR) is 74.2 cm³/mol. The van der Waals surface area contributed by atoms with Crippen molar-refractivity contribution in [1.29, 1.82) is 0 Å². The van der Waals surface area contributed by atoms with Crippen LogP contribution in [0.2, 0.25) is 0 Å². The van der Waals surface area contributed by atoms with Gasteiger partial charge in [-0.2, -0.15) is 0 Å². The molecule has 1 saturated carbocycles. The third kappa shape index (κ3) is 2.85. The first-order valence-corrected chi connectivity index (χ1v) is 7.58. The molecule has 17 heavy (non-hydrogen) atoms. The fraction of sp³-hybridized carbons (Fsp3) is 1.00. The average molecular weight is 238 g/mol. The first-order chi connectivity index (χ1) is 8.15. The van der Waals surface area contributed by atoms with E-state index in [2.05, 4.69) is 38.0 Å². The van der Waals surface area contributed by atoms with Crippen LogP contribution in [-0.2, 0) is 0 Å². The van der Waals surface area contributed by atoms with E-state index in [0.29, 0.717) is 0 Å². The zero-order chi connectivity index (χ0) is 12.4. The van der Waals surface area contributed by atoms with Crippen LogP contribution in [0.3, 0.4) is 0 Å². The minimum Gasteiger partial charge on any atom is -0.315 e. The van der Waals surface area contributed by atoms with Crippen LogP contribution in [0, 0.1) is 11.8 Å². The molecule has 2 rings (SSSR count). The van der Waals surface area contributed by atoms with E-state index < -0.39 is 0 Å². The van der Waals surface area contributed by atoms with Gasteiger partial charge < -0.3 is 5.32 Å². The van der Waals surface area contributed by atoms with E-state index in [4.69, 9.17) is 0 Å². The van der Waals surface area contributed by atoms with Gasteiger partial charge in [-0.25, -0.2) is 0 Å². The maximum atomic E-state index is 3.57. The number of nitrogens with one attached hydrogen (secondary N) is 1. The molecule has 0 aromatic heterocycles. The van der Waals surface area contributed by atoms with Crippen molar-refractivity contribution in [1.82, 2.24) is 10.2 Å². The third-order valence-corrected chi connectivity index (χ3v) is 5.13. The summed E-state index contributed by atoms with van der Waals surface area (Å²) >= 11 is 0. The van der Waals surface area contributed by atoms with E-state index in [9.17, 15) is 0 Å². The molecule has 0 aromatic carbocycles. The molecule has 2 nitrogen and oxygen atoms in total. The summed E-state index contributed by atoms with van der Waals surface area (Å²) < 4.78 is 0. The van der Waals surface area contributed by atoms with Gasteiger partial charge in [0.2, 0.25) is 0 Å². The summed E-state index contributed by atoms with van der Waals surface area (Å²) in [7, 11) is 2.15. The molecule has 2 aliphatic rings. The summed E-state index contributed by atoms with van der Waals surface area (Å²) in [6, 6.07) is 2.31. The zero-order valence-corrected chi connectivity index (χ0v) is 12.1. The van der Waals surface area contributed by atoms with Crippen LogP contribution in [0.4, 0.5) is 0 Å². The Kier molecular flexibility index (Phi) is 4.48. The van der Waals surface area contributed by atoms with Gasteiger partial charge in [0.15, 0.2) is 0 Å². The van der Waals surface area contributed by atoms with Gasteiger partial charge in [0.05, 0.1) is 0 Å². The highest BCUT2D eigenvalue weighted by molar-refractivity contribution is 4.95.